The Morgan fingerprint density at radius 3 is 2.79 bits per heavy atom. The van der Waals surface area contributed by atoms with Crippen molar-refractivity contribution < 1.29 is 0 Å². The summed E-state index contributed by atoms with van der Waals surface area (Å²) in [4.78, 5) is 8.55. The summed E-state index contributed by atoms with van der Waals surface area (Å²) in [6.07, 6.45) is 8.61. The van der Waals surface area contributed by atoms with Crippen LogP contribution in [0.4, 0.5) is 0 Å². The van der Waals surface area contributed by atoms with Crippen molar-refractivity contribution in [3.63, 3.8) is 0 Å². The van der Waals surface area contributed by atoms with Crippen LogP contribution in [0.1, 0.15) is 32.2 Å². The number of hydrogen-bond acceptors (Lipinski definition) is 3. The number of imidazole rings is 1. The predicted octanol–water partition coefficient (Wildman–Crippen LogP) is 2.41. The first kappa shape index (κ1) is 13.7. The van der Waals surface area contributed by atoms with E-state index in [0.717, 1.165) is 25.3 Å². The summed E-state index contributed by atoms with van der Waals surface area (Å²) in [5, 5.41) is 3.47. The number of nitrogens with zero attached hydrogens (tertiary/aromatic N) is 3. The van der Waals surface area contributed by atoms with Crippen molar-refractivity contribution in [3.05, 3.63) is 48.3 Å². The summed E-state index contributed by atoms with van der Waals surface area (Å²) in [6.45, 7) is 8.22. The van der Waals surface area contributed by atoms with Crippen molar-refractivity contribution in [1.82, 2.24) is 19.9 Å². The van der Waals surface area contributed by atoms with E-state index in [-0.39, 0.29) is 5.54 Å². The Morgan fingerprint density at radius 2 is 2.11 bits per heavy atom. The molecule has 0 aliphatic carbocycles. The van der Waals surface area contributed by atoms with Crippen LogP contribution in [0.15, 0.2) is 36.9 Å². The molecule has 0 atom stereocenters. The van der Waals surface area contributed by atoms with E-state index in [2.05, 4.69) is 46.7 Å². The first-order valence-corrected chi connectivity index (χ1v) is 6.68. The summed E-state index contributed by atoms with van der Waals surface area (Å²) in [6, 6.07) is 4.09. The molecule has 0 amide bonds. The Bertz CT molecular complexity index is 496. The van der Waals surface area contributed by atoms with Crippen LogP contribution >= 0.6 is 0 Å². The van der Waals surface area contributed by atoms with Gasteiger partial charge in [0.05, 0.1) is 6.54 Å². The van der Waals surface area contributed by atoms with Crippen LogP contribution in [0.5, 0.6) is 0 Å². The van der Waals surface area contributed by atoms with Crippen LogP contribution in [0, 0.1) is 0 Å². The van der Waals surface area contributed by atoms with Crippen molar-refractivity contribution in [2.24, 2.45) is 0 Å². The molecule has 1 N–H and O–H groups in total. The maximum absolute atomic E-state index is 4.42. The number of nitrogens with one attached hydrogen (secondary N) is 1. The molecule has 0 bridgehead atoms. The third-order valence-electron chi connectivity index (χ3n) is 2.94. The zero-order chi connectivity index (χ0) is 13.7. The molecule has 0 saturated carbocycles. The molecule has 0 aromatic carbocycles. The third-order valence-corrected chi connectivity index (χ3v) is 2.94. The standard InChI is InChI=1S/C15H22N4/c1-15(2,3)18-12-14-17-8-10-19(14)9-6-13-5-4-7-16-11-13/h4-5,7-8,10-11,18H,6,9,12H2,1-3H3. The maximum atomic E-state index is 4.42. The first-order valence-electron chi connectivity index (χ1n) is 6.68. The lowest BCUT2D eigenvalue weighted by Gasteiger charge is -2.20. The van der Waals surface area contributed by atoms with Gasteiger partial charge in [-0.15, -0.1) is 0 Å². The number of hydrogen-bond donors (Lipinski definition) is 1. The first-order chi connectivity index (χ1) is 9.04. The summed E-state index contributed by atoms with van der Waals surface area (Å²) in [5.41, 5.74) is 1.37. The Balaban J connectivity index is 1.92. The average Bonchev–Trinajstić information content (AvgIpc) is 2.82. The van der Waals surface area contributed by atoms with E-state index in [4.69, 9.17) is 0 Å². The lowest BCUT2D eigenvalue weighted by molar-refractivity contribution is 0.411. The maximum Gasteiger partial charge on any atom is 0.122 e. The van der Waals surface area contributed by atoms with Crippen LogP contribution in [-0.2, 0) is 19.5 Å². The number of aryl methyl sites for hydroxylation is 2. The number of rotatable bonds is 5. The van der Waals surface area contributed by atoms with Gasteiger partial charge >= 0.3 is 0 Å². The fourth-order valence-corrected chi connectivity index (χ4v) is 1.85. The van der Waals surface area contributed by atoms with E-state index >= 15 is 0 Å². The molecule has 0 fully saturated rings. The highest BCUT2D eigenvalue weighted by atomic mass is 15.1. The summed E-state index contributed by atoms with van der Waals surface area (Å²) in [7, 11) is 0. The molecule has 4 nitrogen and oxygen atoms in total. The van der Waals surface area contributed by atoms with Gasteiger partial charge in [0, 0.05) is 36.9 Å². The van der Waals surface area contributed by atoms with Gasteiger partial charge in [-0.1, -0.05) is 6.07 Å². The SMILES string of the molecule is CC(C)(C)NCc1nccn1CCc1cccnc1. The molecule has 2 aromatic rings. The summed E-state index contributed by atoms with van der Waals surface area (Å²) in [5.74, 6) is 1.08. The van der Waals surface area contributed by atoms with Crippen LogP contribution in [-0.4, -0.2) is 20.1 Å². The van der Waals surface area contributed by atoms with Gasteiger partial charge in [-0.25, -0.2) is 4.98 Å². The van der Waals surface area contributed by atoms with Gasteiger partial charge in [-0.2, -0.15) is 0 Å². The molecule has 2 rings (SSSR count). The second-order valence-corrected chi connectivity index (χ2v) is 5.75. The van der Waals surface area contributed by atoms with E-state index in [9.17, 15) is 0 Å². The average molecular weight is 258 g/mol. The van der Waals surface area contributed by atoms with Crippen molar-refractivity contribution in [1.29, 1.82) is 0 Å². The molecule has 0 unspecified atom stereocenters. The monoisotopic (exact) mass is 258 g/mol. The highest BCUT2D eigenvalue weighted by molar-refractivity contribution is 5.08. The van der Waals surface area contributed by atoms with Crippen LogP contribution < -0.4 is 5.32 Å². The van der Waals surface area contributed by atoms with Gasteiger partial charge in [-0.05, 0) is 38.8 Å². The second-order valence-electron chi connectivity index (χ2n) is 5.75. The Kier molecular flexibility index (Phi) is 4.32. The van der Waals surface area contributed by atoms with Gasteiger partial charge in [0.2, 0.25) is 0 Å². The largest absolute Gasteiger partial charge is 0.334 e. The molecule has 0 aliphatic heterocycles. The Hall–Kier alpha value is -1.68. The van der Waals surface area contributed by atoms with E-state index in [1.165, 1.54) is 5.56 Å². The van der Waals surface area contributed by atoms with Gasteiger partial charge in [0.1, 0.15) is 5.82 Å². The molecule has 2 aromatic heterocycles. The van der Waals surface area contributed by atoms with E-state index in [0.29, 0.717) is 0 Å². The van der Waals surface area contributed by atoms with Crippen molar-refractivity contribution in [3.8, 4) is 0 Å². The quantitative estimate of drug-likeness (QED) is 0.895. The van der Waals surface area contributed by atoms with Crippen LogP contribution in [0.2, 0.25) is 0 Å². The number of pyridine rings is 1. The number of aromatic nitrogens is 3. The van der Waals surface area contributed by atoms with Crippen molar-refractivity contribution in [2.75, 3.05) is 0 Å². The molecule has 19 heavy (non-hydrogen) atoms. The highest BCUT2D eigenvalue weighted by Gasteiger charge is 2.10. The van der Waals surface area contributed by atoms with Gasteiger partial charge in [-0.3, -0.25) is 4.98 Å². The molecule has 0 aliphatic rings. The minimum absolute atomic E-state index is 0.111. The molecule has 102 valence electrons. The smallest absolute Gasteiger partial charge is 0.122 e. The molecule has 2 heterocycles. The molecule has 0 radical (unpaired) electrons. The normalized spacial score (nSPS) is 11.7. The third kappa shape index (κ3) is 4.48. The second kappa shape index (κ2) is 5.97. The van der Waals surface area contributed by atoms with Crippen LogP contribution in [0.25, 0.3) is 0 Å². The van der Waals surface area contributed by atoms with Gasteiger partial charge in [0.15, 0.2) is 0 Å². The van der Waals surface area contributed by atoms with E-state index in [1.54, 1.807) is 6.20 Å². The molecular weight excluding hydrogens is 236 g/mol. The predicted molar refractivity (Wildman–Crippen MR) is 76.8 cm³/mol. The molecular formula is C15H22N4. The lowest BCUT2D eigenvalue weighted by Crippen LogP contribution is -2.36. The van der Waals surface area contributed by atoms with Gasteiger partial charge < -0.3 is 9.88 Å². The highest BCUT2D eigenvalue weighted by Crippen LogP contribution is 2.05. The minimum Gasteiger partial charge on any atom is -0.334 e. The Morgan fingerprint density at radius 1 is 1.26 bits per heavy atom. The summed E-state index contributed by atoms with van der Waals surface area (Å²) >= 11 is 0. The van der Waals surface area contributed by atoms with Crippen molar-refractivity contribution in [2.45, 2.75) is 45.8 Å². The zero-order valence-corrected chi connectivity index (χ0v) is 11.9. The van der Waals surface area contributed by atoms with E-state index in [1.807, 2.05) is 24.7 Å². The van der Waals surface area contributed by atoms with Crippen LogP contribution in [0.3, 0.4) is 0 Å². The van der Waals surface area contributed by atoms with Gasteiger partial charge in [0.25, 0.3) is 0 Å². The fourth-order valence-electron chi connectivity index (χ4n) is 1.85. The van der Waals surface area contributed by atoms with E-state index < -0.39 is 0 Å². The molecule has 4 heteroatoms. The minimum atomic E-state index is 0.111. The lowest BCUT2D eigenvalue weighted by atomic mass is 10.1. The zero-order valence-electron chi connectivity index (χ0n) is 11.9. The fraction of sp³-hybridized carbons (Fsp3) is 0.467. The topological polar surface area (TPSA) is 42.7 Å². The molecule has 0 spiro atoms. The van der Waals surface area contributed by atoms with Crippen molar-refractivity contribution >= 4 is 0 Å². The summed E-state index contributed by atoms with van der Waals surface area (Å²) < 4.78 is 2.20. The molecule has 0 saturated heterocycles. The Labute approximate surface area is 114 Å².